The van der Waals surface area contributed by atoms with Crippen LogP contribution >= 0.6 is 0 Å². The van der Waals surface area contributed by atoms with E-state index in [1.807, 2.05) is 41.2 Å². The predicted octanol–water partition coefficient (Wildman–Crippen LogP) is 3.19. The van der Waals surface area contributed by atoms with Crippen molar-refractivity contribution in [1.29, 1.82) is 0 Å². The summed E-state index contributed by atoms with van der Waals surface area (Å²) >= 11 is 0. The van der Waals surface area contributed by atoms with Gasteiger partial charge in [-0.3, -0.25) is 0 Å². The number of hydrogen-bond acceptors (Lipinski definition) is 5. The molecule has 0 radical (unpaired) electrons. The number of hydrogen-bond donors (Lipinski definition) is 1. The van der Waals surface area contributed by atoms with Crippen molar-refractivity contribution in [3.05, 3.63) is 42.9 Å². The van der Waals surface area contributed by atoms with Crippen molar-refractivity contribution in [2.45, 2.75) is 37.8 Å². The first-order valence-electron chi connectivity index (χ1n) is 9.02. The minimum Gasteiger partial charge on any atom is -0.378 e. The van der Waals surface area contributed by atoms with E-state index >= 15 is 0 Å². The van der Waals surface area contributed by atoms with Crippen LogP contribution in [0.15, 0.2) is 42.9 Å². The number of anilines is 1. The van der Waals surface area contributed by atoms with Gasteiger partial charge in [-0.1, -0.05) is 18.2 Å². The van der Waals surface area contributed by atoms with E-state index in [2.05, 4.69) is 20.4 Å². The molecule has 1 aliphatic heterocycles. The Bertz CT molecular complexity index is 878. The number of aromatic nitrogens is 4. The Morgan fingerprint density at radius 2 is 2.00 bits per heavy atom. The van der Waals surface area contributed by atoms with E-state index in [9.17, 15) is 0 Å². The fourth-order valence-corrected chi connectivity index (χ4v) is 4.25. The van der Waals surface area contributed by atoms with Crippen molar-refractivity contribution in [1.82, 2.24) is 19.7 Å². The van der Waals surface area contributed by atoms with Crippen LogP contribution in [0.4, 0.5) is 5.82 Å². The number of rotatable bonds is 3. The lowest BCUT2D eigenvalue weighted by Gasteiger charge is -2.33. The van der Waals surface area contributed by atoms with Crippen LogP contribution in [0.25, 0.3) is 16.7 Å². The van der Waals surface area contributed by atoms with E-state index < -0.39 is 0 Å². The second-order valence-electron chi connectivity index (χ2n) is 6.89. The SMILES string of the molecule is c1ccc(-n2ncc3c(NC4CCCC5OCCC45)ncnc32)cc1. The molecule has 3 heterocycles. The van der Waals surface area contributed by atoms with Crippen LogP contribution in [-0.4, -0.2) is 38.5 Å². The molecule has 1 aliphatic carbocycles. The maximum atomic E-state index is 5.89. The maximum Gasteiger partial charge on any atom is 0.168 e. The summed E-state index contributed by atoms with van der Waals surface area (Å²) in [6.45, 7) is 0.888. The van der Waals surface area contributed by atoms with Crippen molar-refractivity contribution in [3.8, 4) is 5.69 Å². The molecule has 25 heavy (non-hydrogen) atoms. The zero-order valence-corrected chi connectivity index (χ0v) is 14.0. The van der Waals surface area contributed by atoms with Crippen molar-refractivity contribution in [3.63, 3.8) is 0 Å². The Hall–Kier alpha value is -2.47. The largest absolute Gasteiger partial charge is 0.378 e. The fraction of sp³-hybridized carbons (Fsp3) is 0.421. The smallest absolute Gasteiger partial charge is 0.168 e. The van der Waals surface area contributed by atoms with Crippen molar-refractivity contribution < 1.29 is 4.74 Å². The number of fused-ring (bicyclic) bond motifs is 2. The van der Waals surface area contributed by atoms with Gasteiger partial charge < -0.3 is 10.1 Å². The summed E-state index contributed by atoms with van der Waals surface area (Å²) in [6, 6.07) is 10.5. The van der Waals surface area contributed by atoms with Crippen LogP contribution < -0.4 is 5.32 Å². The summed E-state index contributed by atoms with van der Waals surface area (Å²) in [7, 11) is 0. The molecule has 3 atom stereocenters. The molecule has 2 aromatic heterocycles. The van der Waals surface area contributed by atoms with Gasteiger partial charge in [-0.15, -0.1) is 0 Å². The molecule has 6 nitrogen and oxygen atoms in total. The van der Waals surface area contributed by atoms with Gasteiger partial charge in [-0.05, 0) is 37.8 Å². The average Bonchev–Trinajstić information content (AvgIpc) is 3.30. The lowest BCUT2D eigenvalue weighted by Crippen LogP contribution is -2.38. The van der Waals surface area contributed by atoms with Crippen molar-refractivity contribution in [2.24, 2.45) is 5.92 Å². The zero-order chi connectivity index (χ0) is 16.6. The number of nitrogens with one attached hydrogen (secondary N) is 1. The highest BCUT2D eigenvalue weighted by Gasteiger charge is 2.37. The molecule has 1 saturated carbocycles. The van der Waals surface area contributed by atoms with E-state index in [0.717, 1.165) is 35.6 Å². The summed E-state index contributed by atoms with van der Waals surface area (Å²) in [5.41, 5.74) is 1.84. The molecule has 6 heteroatoms. The average molecular weight is 335 g/mol. The lowest BCUT2D eigenvalue weighted by molar-refractivity contribution is 0.0620. The van der Waals surface area contributed by atoms with Crippen LogP contribution in [0.5, 0.6) is 0 Å². The number of benzene rings is 1. The van der Waals surface area contributed by atoms with Gasteiger partial charge in [0.1, 0.15) is 12.1 Å². The summed E-state index contributed by atoms with van der Waals surface area (Å²) in [5, 5.41) is 9.18. The summed E-state index contributed by atoms with van der Waals surface area (Å²) in [4.78, 5) is 8.97. The minimum absolute atomic E-state index is 0.413. The Kier molecular flexibility index (Phi) is 3.63. The van der Waals surface area contributed by atoms with Crippen LogP contribution in [0.1, 0.15) is 25.7 Å². The van der Waals surface area contributed by atoms with Crippen molar-refractivity contribution >= 4 is 16.9 Å². The molecule has 2 aliphatic rings. The molecule has 0 bridgehead atoms. The maximum absolute atomic E-state index is 5.89. The number of nitrogens with zero attached hydrogens (tertiary/aromatic N) is 4. The third-order valence-electron chi connectivity index (χ3n) is 5.47. The Balaban J connectivity index is 1.49. The van der Waals surface area contributed by atoms with Crippen LogP contribution in [0, 0.1) is 5.92 Å². The molecule has 0 amide bonds. The quantitative estimate of drug-likeness (QED) is 0.796. The molecule has 2 fully saturated rings. The Morgan fingerprint density at radius 1 is 1.08 bits per heavy atom. The van der Waals surface area contributed by atoms with Gasteiger partial charge in [0.25, 0.3) is 0 Å². The van der Waals surface area contributed by atoms with Gasteiger partial charge in [0.05, 0.1) is 23.4 Å². The van der Waals surface area contributed by atoms with Crippen molar-refractivity contribution in [2.75, 3.05) is 11.9 Å². The highest BCUT2D eigenvalue weighted by Crippen LogP contribution is 2.36. The lowest BCUT2D eigenvalue weighted by atomic mass is 9.82. The molecule has 0 spiro atoms. The number of para-hydroxylation sites is 1. The molecular formula is C19H21N5O. The molecular weight excluding hydrogens is 314 g/mol. The molecule has 1 N–H and O–H groups in total. The first-order valence-corrected chi connectivity index (χ1v) is 9.02. The van der Waals surface area contributed by atoms with E-state index in [-0.39, 0.29) is 0 Å². The van der Waals surface area contributed by atoms with E-state index in [1.165, 1.54) is 19.3 Å². The first kappa shape index (κ1) is 14.8. The van der Waals surface area contributed by atoms with Gasteiger partial charge in [0, 0.05) is 18.6 Å². The molecule has 3 aromatic rings. The highest BCUT2D eigenvalue weighted by atomic mass is 16.5. The monoisotopic (exact) mass is 335 g/mol. The van der Waals surface area contributed by atoms with Gasteiger partial charge >= 0.3 is 0 Å². The van der Waals surface area contributed by atoms with Crippen LogP contribution in [-0.2, 0) is 4.74 Å². The van der Waals surface area contributed by atoms with Gasteiger partial charge in [-0.25, -0.2) is 14.6 Å². The minimum atomic E-state index is 0.413. The van der Waals surface area contributed by atoms with E-state index in [1.54, 1.807) is 6.33 Å². The molecule has 5 rings (SSSR count). The molecule has 1 aromatic carbocycles. The van der Waals surface area contributed by atoms with Gasteiger partial charge in [-0.2, -0.15) is 5.10 Å². The normalized spacial score (nSPS) is 25.8. The van der Waals surface area contributed by atoms with E-state index in [0.29, 0.717) is 18.1 Å². The topological polar surface area (TPSA) is 64.9 Å². The third kappa shape index (κ3) is 2.57. The second-order valence-corrected chi connectivity index (χ2v) is 6.89. The second kappa shape index (κ2) is 6.11. The van der Waals surface area contributed by atoms with Crippen LogP contribution in [0.3, 0.4) is 0 Å². The molecule has 128 valence electrons. The fourth-order valence-electron chi connectivity index (χ4n) is 4.25. The Labute approximate surface area is 146 Å². The molecule has 3 unspecified atom stereocenters. The third-order valence-corrected chi connectivity index (χ3v) is 5.47. The standard InChI is InChI=1S/C19H21N5O/c1-2-5-13(6-3-1)24-19-15(11-22-24)18(20-12-21-19)23-16-7-4-8-17-14(16)9-10-25-17/h1-3,5-6,11-12,14,16-17H,4,7-10H2,(H,20,21,23). The summed E-state index contributed by atoms with van der Waals surface area (Å²) < 4.78 is 7.75. The zero-order valence-electron chi connectivity index (χ0n) is 14.0. The number of ether oxygens (including phenoxy) is 1. The van der Waals surface area contributed by atoms with Gasteiger partial charge in [0.15, 0.2) is 5.65 Å². The highest BCUT2D eigenvalue weighted by molar-refractivity contribution is 5.87. The first-order chi connectivity index (χ1) is 12.4. The van der Waals surface area contributed by atoms with Gasteiger partial charge in [0.2, 0.25) is 0 Å². The summed E-state index contributed by atoms with van der Waals surface area (Å²) in [6.07, 6.45) is 8.59. The van der Waals surface area contributed by atoms with E-state index in [4.69, 9.17) is 4.74 Å². The molecule has 1 saturated heterocycles. The summed E-state index contributed by atoms with van der Waals surface area (Å²) in [5.74, 6) is 1.47. The predicted molar refractivity (Wildman–Crippen MR) is 95.8 cm³/mol. The Morgan fingerprint density at radius 3 is 2.92 bits per heavy atom. The van der Waals surface area contributed by atoms with Crippen LogP contribution in [0.2, 0.25) is 0 Å².